The van der Waals surface area contributed by atoms with Gasteiger partial charge in [0.1, 0.15) is 17.3 Å². The van der Waals surface area contributed by atoms with E-state index >= 15 is 0 Å². The van der Waals surface area contributed by atoms with Crippen LogP contribution < -0.4 is 5.32 Å². The second kappa shape index (κ2) is 6.68. The second-order valence-corrected chi connectivity index (χ2v) is 5.45. The molecule has 1 atom stereocenters. The van der Waals surface area contributed by atoms with Crippen LogP contribution in [-0.4, -0.2) is 20.0 Å². The SMILES string of the molecule is Oc1ccccc1CNC(c1ccccc1O)P(O)O. The van der Waals surface area contributed by atoms with E-state index in [0.717, 1.165) is 0 Å². The molecule has 0 bridgehead atoms. The summed E-state index contributed by atoms with van der Waals surface area (Å²) in [7, 11) is -2.32. The summed E-state index contributed by atoms with van der Waals surface area (Å²) in [5.74, 6) is -0.653. The molecule has 5 nitrogen and oxygen atoms in total. The van der Waals surface area contributed by atoms with E-state index in [4.69, 9.17) is 0 Å². The Morgan fingerprint density at radius 1 is 0.900 bits per heavy atom. The quantitative estimate of drug-likeness (QED) is 0.545. The maximum Gasteiger partial charge on any atom is 0.188 e. The van der Waals surface area contributed by atoms with Crippen molar-refractivity contribution in [1.29, 1.82) is 0 Å². The van der Waals surface area contributed by atoms with Crippen molar-refractivity contribution in [2.24, 2.45) is 0 Å². The summed E-state index contributed by atoms with van der Waals surface area (Å²) in [4.78, 5) is 19.0. The molecular weight excluding hydrogens is 277 g/mol. The van der Waals surface area contributed by atoms with Crippen molar-refractivity contribution in [2.75, 3.05) is 0 Å². The van der Waals surface area contributed by atoms with Crippen LogP contribution in [0.15, 0.2) is 48.5 Å². The summed E-state index contributed by atoms with van der Waals surface area (Å²) < 4.78 is 0. The summed E-state index contributed by atoms with van der Waals surface area (Å²) >= 11 is 0. The standard InChI is InChI=1S/C14H16NO4P/c16-12-7-3-1-5-10(12)9-15-14(20(18)19)11-6-2-4-8-13(11)17/h1-8,14-19H,9H2. The molecule has 0 saturated carbocycles. The zero-order valence-corrected chi connectivity index (χ0v) is 11.5. The minimum atomic E-state index is -2.32. The van der Waals surface area contributed by atoms with Gasteiger partial charge in [0.2, 0.25) is 0 Å². The van der Waals surface area contributed by atoms with Crippen molar-refractivity contribution < 1.29 is 20.0 Å². The van der Waals surface area contributed by atoms with Crippen LogP contribution in [0.4, 0.5) is 0 Å². The lowest BCUT2D eigenvalue weighted by Crippen LogP contribution is -2.19. The maximum absolute atomic E-state index is 9.78. The number of benzene rings is 2. The summed E-state index contributed by atoms with van der Waals surface area (Å²) in [6, 6.07) is 13.3. The first kappa shape index (κ1) is 14.8. The molecule has 0 amide bonds. The van der Waals surface area contributed by atoms with E-state index in [1.807, 2.05) is 0 Å². The predicted molar refractivity (Wildman–Crippen MR) is 77.2 cm³/mol. The molecule has 0 heterocycles. The van der Waals surface area contributed by atoms with Crippen LogP contribution >= 0.6 is 8.38 Å². The third-order valence-corrected chi connectivity index (χ3v) is 3.86. The highest BCUT2D eigenvalue weighted by atomic mass is 31.2. The highest BCUT2D eigenvalue weighted by molar-refractivity contribution is 7.45. The number of phenolic OH excluding ortho intramolecular Hbond substituents is 2. The normalized spacial score (nSPS) is 12.6. The monoisotopic (exact) mass is 293 g/mol. The lowest BCUT2D eigenvalue weighted by atomic mass is 10.1. The third kappa shape index (κ3) is 3.46. The molecule has 0 spiro atoms. The molecule has 6 heteroatoms. The van der Waals surface area contributed by atoms with Crippen LogP contribution in [0, 0.1) is 0 Å². The van der Waals surface area contributed by atoms with E-state index in [2.05, 4.69) is 5.32 Å². The minimum Gasteiger partial charge on any atom is -0.508 e. The van der Waals surface area contributed by atoms with E-state index in [-0.39, 0.29) is 18.0 Å². The molecule has 0 fully saturated rings. The Hall–Kier alpha value is -1.65. The van der Waals surface area contributed by atoms with Gasteiger partial charge in [-0.3, -0.25) is 5.32 Å². The number of hydrogen-bond donors (Lipinski definition) is 5. The van der Waals surface area contributed by atoms with Crippen molar-refractivity contribution in [3.63, 3.8) is 0 Å². The van der Waals surface area contributed by atoms with Crippen LogP contribution in [0.3, 0.4) is 0 Å². The van der Waals surface area contributed by atoms with Gasteiger partial charge >= 0.3 is 0 Å². The number of hydrogen-bond acceptors (Lipinski definition) is 5. The number of aromatic hydroxyl groups is 2. The number of nitrogens with one attached hydrogen (secondary N) is 1. The Morgan fingerprint density at radius 2 is 1.50 bits per heavy atom. The van der Waals surface area contributed by atoms with Crippen LogP contribution in [-0.2, 0) is 6.54 Å². The molecular formula is C14H16NO4P. The van der Waals surface area contributed by atoms with Crippen LogP contribution in [0.2, 0.25) is 0 Å². The fourth-order valence-electron chi connectivity index (χ4n) is 1.90. The Bertz CT molecular complexity index is 577. The lowest BCUT2D eigenvalue weighted by molar-refractivity contribution is 0.426. The molecule has 2 aromatic carbocycles. The number of rotatable bonds is 5. The van der Waals surface area contributed by atoms with Crippen LogP contribution in [0.25, 0.3) is 0 Å². The Kier molecular flexibility index (Phi) is 4.93. The summed E-state index contributed by atoms with van der Waals surface area (Å²) in [5, 5.41) is 22.4. The largest absolute Gasteiger partial charge is 0.508 e. The molecule has 1 unspecified atom stereocenters. The first-order valence-electron chi connectivity index (χ1n) is 6.04. The Morgan fingerprint density at radius 3 is 2.10 bits per heavy atom. The van der Waals surface area contributed by atoms with Gasteiger partial charge in [-0.2, -0.15) is 0 Å². The molecule has 0 radical (unpaired) electrons. The van der Waals surface area contributed by atoms with Crippen molar-refractivity contribution in [3.05, 3.63) is 59.7 Å². The van der Waals surface area contributed by atoms with E-state index < -0.39 is 14.2 Å². The van der Waals surface area contributed by atoms with Gasteiger partial charge < -0.3 is 20.0 Å². The van der Waals surface area contributed by atoms with E-state index in [9.17, 15) is 20.0 Å². The van der Waals surface area contributed by atoms with Crippen molar-refractivity contribution >= 4 is 8.38 Å². The lowest BCUT2D eigenvalue weighted by Gasteiger charge is -2.21. The molecule has 0 aliphatic carbocycles. The van der Waals surface area contributed by atoms with E-state index in [1.165, 1.54) is 6.07 Å². The number of phenols is 2. The van der Waals surface area contributed by atoms with Gasteiger partial charge in [0.25, 0.3) is 0 Å². The zero-order chi connectivity index (χ0) is 14.5. The average molecular weight is 293 g/mol. The smallest absolute Gasteiger partial charge is 0.188 e. The van der Waals surface area contributed by atoms with Crippen molar-refractivity contribution in [2.45, 2.75) is 12.3 Å². The van der Waals surface area contributed by atoms with Gasteiger partial charge in [0.05, 0.1) is 0 Å². The van der Waals surface area contributed by atoms with Gasteiger partial charge in [-0.25, -0.2) is 0 Å². The van der Waals surface area contributed by atoms with Crippen molar-refractivity contribution in [1.82, 2.24) is 5.32 Å². The fraction of sp³-hybridized carbons (Fsp3) is 0.143. The molecule has 2 aromatic rings. The molecule has 2 rings (SSSR count). The Labute approximate surface area is 118 Å². The summed E-state index contributed by atoms with van der Waals surface area (Å²) in [5.41, 5.74) is 1.06. The molecule has 0 aliphatic rings. The predicted octanol–water partition coefficient (Wildman–Crippen LogP) is 2.18. The van der Waals surface area contributed by atoms with Crippen LogP contribution in [0.5, 0.6) is 11.5 Å². The summed E-state index contributed by atoms with van der Waals surface area (Å²) in [6.45, 7) is 0.256. The second-order valence-electron chi connectivity index (χ2n) is 4.29. The highest BCUT2D eigenvalue weighted by Crippen LogP contribution is 2.44. The average Bonchev–Trinajstić information content (AvgIpc) is 2.42. The minimum absolute atomic E-state index is 0.00196. The topological polar surface area (TPSA) is 93.0 Å². The highest BCUT2D eigenvalue weighted by Gasteiger charge is 2.22. The molecule has 0 aromatic heterocycles. The molecule has 0 aliphatic heterocycles. The molecule has 5 N–H and O–H groups in total. The van der Waals surface area contributed by atoms with Crippen molar-refractivity contribution in [3.8, 4) is 11.5 Å². The Balaban J connectivity index is 2.15. The first-order chi connectivity index (χ1) is 9.59. The number of para-hydroxylation sites is 2. The first-order valence-corrected chi connectivity index (χ1v) is 7.36. The maximum atomic E-state index is 9.78. The fourth-order valence-corrected chi connectivity index (χ4v) is 2.62. The van der Waals surface area contributed by atoms with E-state index in [0.29, 0.717) is 11.1 Å². The van der Waals surface area contributed by atoms with Gasteiger partial charge in [-0.1, -0.05) is 36.4 Å². The van der Waals surface area contributed by atoms with Gasteiger partial charge in [0, 0.05) is 17.7 Å². The molecule has 20 heavy (non-hydrogen) atoms. The van der Waals surface area contributed by atoms with E-state index in [1.54, 1.807) is 42.5 Å². The zero-order valence-electron chi connectivity index (χ0n) is 10.6. The van der Waals surface area contributed by atoms with Gasteiger partial charge in [0.15, 0.2) is 8.38 Å². The summed E-state index contributed by atoms with van der Waals surface area (Å²) in [6.07, 6.45) is 0. The van der Waals surface area contributed by atoms with Crippen LogP contribution in [0.1, 0.15) is 16.9 Å². The molecule has 0 saturated heterocycles. The van der Waals surface area contributed by atoms with Gasteiger partial charge in [-0.15, -0.1) is 0 Å². The molecule has 106 valence electrons. The third-order valence-electron chi connectivity index (χ3n) is 2.94. The van der Waals surface area contributed by atoms with Gasteiger partial charge in [-0.05, 0) is 12.1 Å².